The van der Waals surface area contributed by atoms with Crippen LogP contribution in [0.3, 0.4) is 0 Å². The van der Waals surface area contributed by atoms with Crippen molar-refractivity contribution in [2.75, 3.05) is 4.90 Å². The summed E-state index contributed by atoms with van der Waals surface area (Å²) in [6, 6.07) is 91.8. The molecule has 0 amide bonds. The number of hydrogen-bond donors (Lipinski definition) is 0. The summed E-state index contributed by atoms with van der Waals surface area (Å²) in [6.07, 6.45) is 3.62. The fraction of sp³-hybridized carbons (Fsp3) is 0.0617. The highest BCUT2D eigenvalue weighted by atomic mass is 19.1. The van der Waals surface area contributed by atoms with Crippen LogP contribution in [0.5, 0.6) is 34.5 Å². The van der Waals surface area contributed by atoms with Gasteiger partial charge in [-0.05, 0) is 193 Å². The van der Waals surface area contributed by atoms with Gasteiger partial charge < -0.3 is 19.1 Å². The van der Waals surface area contributed by atoms with Crippen molar-refractivity contribution < 1.29 is 23.0 Å². The Labute approximate surface area is 505 Å². The second-order valence-corrected chi connectivity index (χ2v) is 23.1. The smallest absolute Gasteiger partial charge is 0.133 e. The highest BCUT2D eigenvalue weighted by Crippen LogP contribution is 2.61. The number of para-hydroxylation sites is 1. The zero-order valence-corrected chi connectivity index (χ0v) is 48.0. The molecule has 2 aliphatic carbocycles. The predicted molar refractivity (Wildman–Crippen MR) is 348 cm³/mol. The molecule has 0 fully saturated rings. The molecule has 3 aliphatic rings. The molecule has 2 unspecified atom stereocenters. The molecule has 0 saturated heterocycles. The number of hydrogen-bond acceptors (Lipinski definition) is 4. The molecule has 12 aromatic carbocycles. The van der Waals surface area contributed by atoms with E-state index in [4.69, 9.17) is 14.2 Å². The van der Waals surface area contributed by atoms with Crippen molar-refractivity contribution in [3.8, 4) is 56.8 Å². The van der Waals surface area contributed by atoms with Crippen LogP contribution in [0.2, 0.25) is 0 Å². The lowest BCUT2D eigenvalue weighted by Crippen LogP contribution is -2.30. The number of fused-ring (bicyclic) bond motifs is 8. The van der Waals surface area contributed by atoms with E-state index < -0.39 is 16.2 Å². The minimum absolute atomic E-state index is 0.318. The molecule has 1 heterocycles. The van der Waals surface area contributed by atoms with Crippen LogP contribution >= 0.6 is 0 Å². The van der Waals surface area contributed by atoms with E-state index >= 15 is 8.78 Å². The molecular formula is C81H57F2NO3. The maximum absolute atomic E-state index is 15.4. The van der Waals surface area contributed by atoms with Crippen molar-refractivity contribution in [2.45, 2.75) is 30.1 Å². The minimum atomic E-state index is -0.925. The number of anilines is 3. The second kappa shape index (κ2) is 20.8. The number of ether oxygens (including phenoxy) is 3. The Kier molecular flexibility index (Phi) is 12.6. The Balaban J connectivity index is 0.966. The molecule has 0 spiro atoms. The summed E-state index contributed by atoms with van der Waals surface area (Å²) in [6.45, 7) is 12.4. The molecule has 0 radical (unpaired) electrons. The normalized spacial score (nSPS) is 16.2. The Morgan fingerprint density at radius 2 is 0.736 bits per heavy atom. The van der Waals surface area contributed by atoms with Crippen molar-refractivity contribution >= 4 is 29.2 Å². The summed E-state index contributed by atoms with van der Waals surface area (Å²) in [5.41, 5.74) is 16.8. The van der Waals surface area contributed by atoms with Gasteiger partial charge in [-0.2, -0.15) is 0 Å². The Hall–Kier alpha value is -10.8. The number of nitrogens with zero attached hydrogens (tertiary/aromatic N) is 1. The van der Waals surface area contributed by atoms with Gasteiger partial charge >= 0.3 is 0 Å². The molecule has 2 atom stereocenters. The Morgan fingerprint density at radius 1 is 0.368 bits per heavy atom. The van der Waals surface area contributed by atoms with Crippen molar-refractivity contribution in [3.63, 3.8) is 0 Å². The second-order valence-electron chi connectivity index (χ2n) is 23.1. The van der Waals surface area contributed by atoms with Crippen molar-refractivity contribution in [1.29, 1.82) is 0 Å². The Bertz CT molecular complexity index is 4420. The first-order valence-electron chi connectivity index (χ1n) is 29.3. The van der Waals surface area contributed by atoms with E-state index in [1.54, 1.807) is 24.3 Å². The van der Waals surface area contributed by atoms with Gasteiger partial charge in [-0.1, -0.05) is 197 Å². The lowest BCUT2D eigenvalue weighted by Gasteiger charge is -2.40. The zero-order chi connectivity index (χ0) is 59.0. The van der Waals surface area contributed by atoms with E-state index in [-0.39, 0.29) is 11.6 Å². The molecule has 6 heteroatoms. The molecule has 1 aliphatic heterocycles. The lowest BCUT2D eigenvalue weighted by molar-refractivity contribution is 0.418. The molecule has 87 heavy (non-hydrogen) atoms. The standard InChI is InChI=1S/C81H57F2NO3/c1-5-52-22-40-62(41-23-52)85-64-44-30-56(31-45-64)80(54-26-34-58(82)35-27-54)70-16-9-7-14-66(70)68-48-38-60(50-73(68)80)84(75-19-13-21-77-78(75)79(3,4)72-18-11-12-20-76(72)87-77)61-39-49-69-67-15-8-10-17-71(67)81(74(69)51-61,55-28-36-59(83)37-29-55)57-32-46-65(47-33-57)86-63-42-24-53(6-2)25-43-63/h5-51H,1-2H2,3-4H3. The SMILES string of the molecule is C=Cc1ccc(Oc2ccc(C3(c4ccc(F)cc4)c4ccccc4-c4ccc(N(c5ccc6c(c5)C(c5ccc(F)cc5)(c5ccc(Oc7ccc(C=C)cc7)cc5)c5ccccc5-6)c5cccc6c5C(C)(C)c5ccccc5O6)cc43)cc2)cc1. The average molecular weight is 1130 g/mol. The predicted octanol–water partition coefficient (Wildman–Crippen LogP) is 21.5. The van der Waals surface area contributed by atoms with Crippen molar-refractivity contribution in [1.82, 2.24) is 0 Å². The molecule has 0 bridgehead atoms. The summed E-state index contributed by atoms with van der Waals surface area (Å²) >= 11 is 0. The van der Waals surface area contributed by atoms with Crippen LogP contribution in [0.1, 0.15) is 80.6 Å². The fourth-order valence-corrected chi connectivity index (χ4v) is 14.1. The quantitative estimate of drug-likeness (QED) is 0.115. The topological polar surface area (TPSA) is 30.9 Å². The largest absolute Gasteiger partial charge is 0.457 e. The minimum Gasteiger partial charge on any atom is -0.457 e. The lowest BCUT2D eigenvalue weighted by atomic mass is 9.67. The molecule has 0 N–H and O–H groups in total. The molecule has 15 rings (SSSR count). The third kappa shape index (κ3) is 8.46. The van der Waals surface area contributed by atoms with Gasteiger partial charge in [-0.25, -0.2) is 8.78 Å². The summed E-state index contributed by atoms with van der Waals surface area (Å²) < 4.78 is 50.6. The number of rotatable bonds is 13. The average Bonchev–Trinajstić information content (AvgIpc) is 1.60. The summed E-state index contributed by atoms with van der Waals surface area (Å²) in [5.74, 6) is 3.73. The Morgan fingerprint density at radius 3 is 1.17 bits per heavy atom. The first kappa shape index (κ1) is 52.9. The molecular weight excluding hydrogens is 1070 g/mol. The van der Waals surface area contributed by atoms with E-state index in [1.165, 1.54) is 0 Å². The number of halogens is 2. The first-order valence-corrected chi connectivity index (χ1v) is 29.3. The maximum Gasteiger partial charge on any atom is 0.133 e. The highest BCUT2D eigenvalue weighted by molar-refractivity contribution is 5.93. The van der Waals surface area contributed by atoms with E-state index in [0.29, 0.717) is 23.0 Å². The third-order valence-corrected chi connectivity index (χ3v) is 18.1. The van der Waals surface area contributed by atoms with Crippen LogP contribution in [0.25, 0.3) is 34.4 Å². The molecule has 4 nitrogen and oxygen atoms in total. The fourth-order valence-electron chi connectivity index (χ4n) is 14.1. The van der Waals surface area contributed by atoms with Gasteiger partial charge in [0.15, 0.2) is 0 Å². The van der Waals surface area contributed by atoms with Gasteiger partial charge in [0.25, 0.3) is 0 Å². The van der Waals surface area contributed by atoms with Gasteiger partial charge in [-0.3, -0.25) is 0 Å². The molecule has 12 aromatic rings. The third-order valence-electron chi connectivity index (χ3n) is 18.1. The van der Waals surface area contributed by atoms with Crippen LogP contribution in [0.15, 0.2) is 286 Å². The van der Waals surface area contributed by atoms with E-state index in [9.17, 15) is 0 Å². The zero-order valence-electron chi connectivity index (χ0n) is 48.0. The van der Waals surface area contributed by atoms with Crippen molar-refractivity contribution in [2.24, 2.45) is 0 Å². The van der Waals surface area contributed by atoms with Gasteiger partial charge in [0.05, 0.1) is 16.5 Å². The van der Waals surface area contributed by atoms with E-state index in [2.05, 4.69) is 171 Å². The number of benzene rings is 12. The first-order chi connectivity index (χ1) is 42.6. The maximum atomic E-state index is 15.4. The van der Waals surface area contributed by atoms with E-state index in [1.807, 2.05) is 121 Å². The van der Waals surface area contributed by atoms with Gasteiger partial charge in [0.2, 0.25) is 0 Å². The van der Waals surface area contributed by atoms with E-state index in [0.717, 1.165) is 118 Å². The highest BCUT2D eigenvalue weighted by Gasteiger charge is 2.49. The van der Waals surface area contributed by atoms with Gasteiger partial charge in [0.1, 0.15) is 46.1 Å². The summed E-state index contributed by atoms with van der Waals surface area (Å²) in [5, 5.41) is 0. The van der Waals surface area contributed by atoms with Crippen LogP contribution in [-0.4, -0.2) is 0 Å². The molecule has 418 valence electrons. The van der Waals surface area contributed by atoms with Crippen LogP contribution < -0.4 is 19.1 Å². The summed E-state index contributed by atoms with van der Waals surface area (Å²) in [4.78, 5) is 2.39. The molecule has 0 saturated carbocycles. The van der Waals surface area contributed by atoms with Gasteiger partial charge in [0, 0.05) is 27.9 Å². The van der Waals surface area contributed by atoms with Gasteiger partial charge in [-0.15, -0.1) is 0 Å². The van der Waals surface area contributed by atoms with Crippen LogP contribution in [0.4, 0.5) is 25.8 Å². The van der Waals surface area contributed by atoms with Crippen LogP contribution in [-0.2, 0) is 16.2 Å². The van der Waals surface area contributed by atoms with Crippen molar-refractivity contribution in [3.05, 3.63) is 365 Å². The molecule has 0 aromatic heterocycles. The van der Waals surface area contributed by atoms with Crippen LogP contribution in [0, 0.1) is 11.6 Å². The monoisotopic (exact) mass is 1130 g/mol. The summed E-state index contributed by atoms with van der Waals surface area (Å²) in [7, 11) is 0.